The molecule has 2 heteroatoms. The van der Waals surface area contributed by atoms with Crippen molar-refractivity contribution in [2.75, 3.05) is 0 Å². The van der Waals surface area contributed by atoms with Gasteiger partial charge in [0.25, 0.3) is 0 Å². The molecule has 3 saturated carbocycles. The number of rotatable bonds is 7. The molecule has 0 radical (unpaired) electrons. The van der Waals surface area contributed by atoms with E-state index in [9.17, 15) is 10.2 Å². The molecule has 0 bridgehead atoms. The minimum atomic E-state index is -0.598. The van der Waals surface area contributed by atoms with Gasteiger partial charge < -0.3 is 10.2 Å². The van der Waals surface area contributed by atoms with Gasteiger partial charge >= 0.3 is 0 Å². The molecule has 0 aromatic carbocycles. The van der Waals surface area contributed by atoms with E-state index >= 15 is 0 Å². The molecule has 1 unspecified atom stereocenters. The van der Waals surface area contributed by atoms with E-state index in [-0.39, 0.29) is 0 Å². The van der Waals surface area contributed by atoms with Crippen LogP contribution in [-0.4, -0.2) is 22.4 Å². The summed E-state index contributed by atoms with van der Waals surface area (Å²) in [7, 11) is 0. The van der Waals surface area contributed by atoms with E-state index in [0.717, 1.165) is 34.8 Å². The predicted molar refractivity (Wildman–Crippen MR) is 132 cm³/mol. The van der Waals surface area contributed by atoms with Crippen LogP contribution >= 0.6 is 0 Å². The number of aliphatic hydroxyl groups is 2. The van der Waals surface area contributed by atoms with Gasteiger partial charge in [-0.3, -0.25) is 0 Å². The molecule has 3 rings (SSSR count). The Labute approximate surface area is 191 Å². The summed E-state index contributed by atoms with van der Waals surface area (Å²) in [5, 5.41) is 20.2. The highest BCUT2D eigenvalue weighted by Gasteiger charge is 2.50. The van der Waals surface area contributed by atoms with Crippen molar-refractivity contribution in [3.05, 3.63) is 35.5 Å². The lowest BCUT2D eigenvalue weighted by Gasteiger charge is -2.44. The van der Waals surface area contributed by atoms with Crippen molar-refractivity contribution in [1.29, 1.82) is 0 Å². The molecular formula is C29H48O2. The van der Waals surface area contributed by atoms with Crippen molar-refractivity contribution in [3.63, 3.8) is 0 Å². The first-order valence-electron chi connectivity index (χ1n) is 13.1. The van der Waals surface area contributed by atoms with Crippen LogP contribution in [0.3, 0.4) is 0 Å². The quantitative estimate of drug-likeness (QED) is 0.449. The van der Waals surface area contributed by atoms with Gasteiger partial charge in [-0.15, -0.1) is 0 Å². The molecule has 0 heterocycles. The van der Waals surface area contributed by atoms with E-state index in [0.29, 0.717) is 24.2 Å². The highest BCUT2D eigenvalue weighted by Crippen LogP contribution is 2.60. The summed E-state index contributed by atoms with van der Waals surface area (Å²) >= 11 is 0. The van der Waals surface area contributed by atoms with Gasteiger partial charge in [-0.05, 0) is 91.1 Å². The number of fused-ring (bicyclic) bond motifs is 1. The van der Waals surface area contributed by atoms with E-state index in [1.807, 2.05) is 0 Å². The molecule has 0 aromatic rings. The molecule has 2 nitrogen and oxygen atoms in total. The lowest BCUT2D eigenvalue weighted by atomic mass is 9.60. The van der Waals surface area contributed by atoms with Gasteiger partial charge in [-0.2, -0.15) is 0 Å². The second-order valence-corrected chi connectivity index (χ2v) is 11.6. The molecular weight excluding hydrogens is 380 g/mol. The number of hydrogen-bond donors (Lipinski definition) is 2. The fourth-order valence-electron chi connectivity index (χ4n) is 7.37. The summed E-state index contributed by atoms with van der Waals surface area (Å²) in [6.07, 6.45) is 15.1. The first-order valence-corrected chi connectivity index (χ1v) is 13.1. The summed E-state index contributed by atoms with van der Waals surface area (Å²) in [5.74, 6) is 4.02. The van der Waals surface area contributed by atoms with Crippen molar-refractivity contribution in [3.8, 4) is 0 Å². The molecule has 176 valence electrons. The average molecular weight is 429 g/mol. The van der Waals surface area contributed by atoms with Crippen LogP contribution in [0, 0.1) is 35.0 Å². The monoisotopic (exact) mass is 428 g/mol. The summed E-state index contributed by atoms with van der Waals surface area (Å²) in [6, 6.07) is 0. The second kappa shape index (κ2) is 10.4. The SMILES string of the molecule is C=C1/C(=C\C=C2/CCC[C@]3(C)C([C@H](C)CC[C@@H](CC)C(C)C)CC[C@@H]23)C[C@@H](O)C[C@@H]1O. The Kier molecular flexibility index (Phi) is 8.30. The van der Waals surface area contributed by atoms with Crippen LogP contribution in [0.15, 0.2) is 35.5 Å². The molecule has 31 heavy (non-hydrogen) atoms. The number of aliphatic hydroxyl groups excluding tert-OH is 2. The minimum Gasteiger partial charge on any atom is -0.393 e. The maximum absolute atomic E-state index is 10.2. The Hall–Kier alpha value is -0.860. The summed E-state index contributed by atoms with van der Waals surface area (Å²) in [5.41, 5.74) is 3.87. The lowest BCUT2D eigenvalue weighted by molar-refractivity contribution is 0.0860. The predicted octanol–water partition coefficient (Wildman–Crippen LogP) is 7.23. The third-order valence-electron chi connectivity index (χ3n) is 9.45. The Morgan fingerprint density at radius 1 is 1.13 bits per heavy atom. The van der Waals surface area contributed by atoms with Crippen LogP contribution < -0.4 is 0 Å². The van der Waals surface area contributed by atoms with Gasteiger partial charge in [-0.1, -0.05) is 71.8 Å². The minimum absolute atomic E-state index is 0.419. The topological polar surface area (TPSA) is 40.5 Å². The number of hydrogen-bond acceptors (Lipinski definition) is 2. The van der Waals surface area contributed by atoms with E-state index in [4.69, 9.17) is 0 Å². The Morgan fingerprint density at radius 2 is 1.87 bits per heavy atom. The average Bonchev–Trinajstić information content (AvgIpc) is 3.07. The van der Waals surface area contributed by atoms with E-state index in [2.05, 4.69) is 53.3 Å². The molecule has 7 atom stereocenters. The number of allylic oxidation sites excluding steroid dienone is 3. The molecule has 3 aliphatic rings. The first kappa shape index (κ1) is 24.8. The maximum atomic E-state index is 10.2. The van der Waals surface area contributed by atoms with Gasteiger partial charge in [0, 0.05) is 6.42 Å². The van der Waals surface area contributed by atoms with Crippen LogP contribution in [-0.2, 0) is 0 Å². The van der Waals surface area contributed by atoms with Crippen molar-refractivity contribution >= 4 is 0 Å². The highest BCUT2D eigenvalue weighted by molar-refractivity contribution is 5.38. The third kappa shape index (κ3) is 5.38. The zero-order chi connectivity index (χ0) is 22.8. The molecule has 3 fully saturated rings. The molecule has 2 N–H and O–H groups in total. The third-order valence-corrected chi connectivity index (χ3v) is 9.45. The van der Waals surface area contributed by atoms with Crippen LogP contribution in [0.5, 0.6) is 0 Å². The van der Waals surface area contributed by atoms with Crippen molar-refractivity contribution < 1.29 is 10.2 Å². The maximum Gasteiger partial charge on any atom is 0.0811 e. The Balaban J connectivity index is 1.71. The van der Waals surface area contributed by atoms with Gasteiger partial charge in [0.15, 0.2) is 0 Å². The fourth-order valence-corrected chi connectivity index (χ4v) is 7.37. The second-order valence-electron chi connectivity index (χ2n) is 11.6. The molecule has 0 aromatic heterocycles. The normalized spacial score (nSPS) is 38.6. The highest BCUT2D eigenvalue weighted by atomic mass is 16.3. The molecule has 0 amide bonds. The summed E-state index contributed by atoms with van der Waals surface area (Å²) in [6.45, 7) is 16.3. The fraction of sp³-hybridized carbons (Fsp3) is 0.793. The van der Waals surface area contributed by atoms with Crippen LogP contribution in [0.25, 0.3) is 0 Å². The van der Waals surface area contributed by atoms with Gasteiger partial charge in [-0.25, -0.2) is 0 Å². The lowest BCUT2D eigenvalue weighted by Crippen LogP contribution is -2.36. The largest absolute Gasteiger partial charge is 0.393 e. The van der Waals surface area contributed by atoms with Crippen molar-refractivity contribution in [2.24, 2.45) is 35.0 Å². The first-order chi connectivity index (χ1) is 14.7. The standard InChI is InChI=1S/C29H48O2/c1-7-22(19(2)3)11-10-20(4)26-14-15-27-23(9-8-16-29(26,27)6)12-13-24-17-25(30)18-28(31)21(24)5/h12-13,19-20,22,25-28,30-31H,5,7-11,14-18H2,1-4,6H3/b23-12+,24-13-/t20-,22-,25-,26?,27+,28+,29-/m1/s1. The van der Waals surface area contributed by atoms with E-state index < -0.39 is 12.2 Å². The molecule has 0 spiro atoms. The van der Waals surface area contributed by atoms with Crippen LogP contribution in [0.4, 0.5) is 0 Å². The molecule has 0 aliphatic heterocycles. The zero-order valence-corrected chi connectivity index (χ0v) is 20.9. The van der Waals surface area contributed by atoms with Crippen molar-refractivity contribution in [2.45, 2.75) is 111 Å². The summed E-state index contributed by atoms with van der Waals surface area (Å²) in [4.78, 5) is 0. The Bertz CT molecular complexity index is 687. The van der Waals surface area contributed by atoms with E-state index in [1.165, 1.54) is 51.4 Å². The van der Waals surface area contributed by atoms with Crippen LogP contribution in [0.1, 0.15) is 98.8 Å². The van der Waals surface area contributed by atoms with E-state index in [1.54, 1.807) is 5.57 Å². The van der Waals surface area contributed by atoms with Crippen LogP contribution in [0.2, 0.25) is 0 Å². The van der Waals surface area contributed by atoms with Gasteiger partial charge in [0.2, 0.25) is 0 Å². The molecule has 3 aliphatic carbocycles. The smallest absolute Gasteiger partial charge is 0.0811 e. The molecule has 0 saturated heterocycles. The van der Waals surface area contributed by atoms with Crippen molar-refractivity contribution in [1.82, 2.24) is 0 Å². The summed E-state index contributed by atoms with van der Waals surface area (Å²) < 4.78 is 0. The van der Waals surface area contributed by atoms with Gasteiger partial charge in [0.1, 0.15) is 0 Å². The zero-order valence-electron chi connectivity index (χ0n) is 20.9. The Morgan fingerprint density at radius 3 is 2.55 bits per heavy atom. The van der Waals surface area contributed by atoms with Gasteiger partial charge in [0.05, 0.1) is 12.2 Å².